The average Bonchev–Trinajstić information content (AvgIpc) is 3.34. The molecule has 124 valence electrons. The number of ether oxygens (including phenoxy) is 2. The van der Waals surface area contributed by atoms with Crippen LogP contribution in [0.15, 0.2) is 33.3 Å². The third-order valence-corrected chi connectivity index (χ3v) is 3.70. The summed E-state index contributed by atoms with van der Waals surface area (Å²) in [6.45, 7) is 2.73. The quantitative estimate of drug-likeness (QED) is 0.705. The molecule has 0 N–H and O–H groups in total. The lowest BCUT2D eigenvalue weighted by molar-refractivity contribution is 0.0835. The molecule has 2 aromatic heterocycles. The Morgan fingerprint density at radius 2 is 2.00 bits per heavy atom. The van der Waals surface area contributed by atoms with E-state index in [4.69, 9.17) is 18.5 Å². The van der Waals surface area contributed by atoms with Gasteiger partial charge in [-0.2, -0.15) is 9.97 Å². The van der Waals surface area contributed by atoms with Crippen molar-refractivity contribution in [2.45, 2.75) is 32.5 Å². The van der Waals surface area contributed by atoms with Gasteiger partial charge in [0.15, 0.2) is 6.61 Å². The van der Waals surface area contributed by atoms with Crippen molar-refractivity contribution in [1.29, 1.82) is 0 Å². The minimum absolute atomic E-state index is 0.0766. The second-order valence-corrected chi connectivity index (χ2v) is 5.50. The number of hydrogen-bond donors (Lipinski definition) is 0. The Balaban J connectivity index is 1.41. The van der Waals surface area contributed by atoms with Gasteiger partial charge in [-0.25, -0.2) is 0 Å². The predicted octanol–water partition coefficient (Wildman–Crippen LogP) is 2.86. The van der Waals surface area contributed by atoms with Crippen molar-refractivity contribution in [2.75, 3.05) is 6.61 Å². The van der Waals surface area contributed by atoms with E-state index in [9.17, 15) is 0 Å². The molecule has 8 nitrogen and oxygen atoms in total. The highest BCUT2D eigenvalue weighted by atomic mass is 16.5. The van der Waals surface area contributed by atoms with Crippen molar-refractivity contribution in [1.82, 2.24) is 20.3 Å². The zero-order valence-corrected chi connectivity index (χ0v) is 13.1. The molecule has 1 aromatic carbocycles. The summed E-state index contributed by atoms with van der Waals surface area (Å²) in [6, 6.07) is 7.43. The van der Waals surface area contributed by atoms with E-state index in [0.717, 1.165) is 25.0 Å². The van der Waals surface area contributed by atoms with Crippen LogP contribution < -0.4 is 4.74 Å². The molecule has 1 saturated heterocycles. The van der Waals surface area contributed by atoms with Gasteiger partial charge in [-0.15, -0.1) is 0 Å². The first-order valence-corrected chi connectivity index (χ1v) is 7.75. The standard InChI is InChI=1S/C16H16N4O4/c1-10-17-14(19-23-10)9-22-12-6-4-11(5-7-12)15-18-16(24-20-15)13-3-2-8-21-13/h4-7,13H,2-3,8-9H2,1H3/t13-/m1/s1. The van der Waals surface area contributed by atoms with Crippen molar-refractivity contribution in [3.05, 3.63) is 41.9 Å². The zero-order valence-electron chi connectivity index (χ0n) is 13.1. The highest BCUT2D eigenvalue weighted by Crippen LogP contribution is 2.29. The highest BCUT2D eigenvalue weighted by Gasteiger charge is 2.24. The topological polar surface area (TPSA) is 96.3 Å². The Kier molecular flexibility index (Phi) is 3.96. The van der Waals surface area contributed by atoms with Gasteiger partial charge in [0.1, 0.15) is 11.9 Å². The number of hydrogen-bond acceptors (Lipinski definition) is 8. The minimum Gasteiger partial charge on any atom is -0.485 e. The molecule has 0 saturated carbocycles. The molecule has 1 atom stereocenters. The third-order valence-electron chi connectivity index (χ3n) is 3.70. The number of benzene rings is 1. The van der Waals surface area contributed by atoms with Crippen molar-refractivity contribution in [2.24, 2.45) is 0 Å². The summed E-state index contributed by atoms with van der Waals surface area (Å²) in [5.41, 5.74) is 0.853. The third kappa shape index (κ3) is 3.13. The van der Waals surface area contributed by atoms with Crippen molar-refractivity contribution in [3.8, 4) is 17.1 Å². The maximum absolute atomic E-state index is 5.61. The second kappa shape index (κ2) is 6.40. The first-order valence-electron chi connectivity index (χ1n) is 7.75. The van der Waals surface area contributed by atoms with Crippen LogP contribution in [0.1, 0.15) is 36.6 Å². The summed E-state index contributed by atoms with van der Waals surface area (Å²) in [6.07, 6.45) is 1.87. The number of aromatic nitrogens is 4. The Morgan fingerprint density at radius 1 is 1.12 bits per heavy atom. The van der Waals surface area contributed by atoms with E-state index >= 15 is 0 Å². The van der Waals surface area contributed by atoms with Gasteiger partial charge in [-0.3, -0.25) is 0 Å². The van der Waals surface area contributed by atoms with Crippen molar-refractivity contribution in [3.63, 3.8) is 0 Å². The van der Waals surface area contributed by atoms with Crippen LogP contribution in [0.4, 0.5) is 0 Å². The van der Waals surface area contributed by atoms with Gasteiger partial charge in [0.05, 0.1) is 0 Å². The van der Waals surface area contributed by atoms with E-state index in [1.165, 1.54) is 0 Å². The largest absolute Gasteiger partial charge is 0.485 e. The summed E-state index contributed by atoms with van der Waals surface area (Å²) in [7, 11) is 0. The first kappa shape index (κ1) is 14.8. The fraction of sp³-hybridized carbons (Fsp3) is 0.375. The SMILES string of the molecule is Cc1nc(COc2ccc(-c3noc([C@H]4CCCO4)n3)cc2)no1. The molecule has 0 bridgehead atoms. The van der Waals surface area contributed by atoms with E-state index in [1.54, 1.807) is 6.92 Å². The Morgan fingerprint density at radius 3 is 2.71 bits per heavy atom. The first-order chi connectivity index (χ1) is 11.8. The molecule has 1 aliphatic rings. The van der Waals surface area contributed by atoms with Crippen LogP contribution in [0.3, 0.4) is 0 Å². The molecule has 1 aliphatic heterocycles. The molecule has 4 rings (SSSR count). The van der Waals surface area contributed by atoms with E-state index in [0.29, 0.717) is 29.2 Å². The van der Waals surface area contributed by atoms with Gasteiger partial charge in [0, 0.05) is 19.1 Å². The van der Waals surface area contributed by atoms with Gasteiger partial charge >= 0.3 is 0 Å². The van der Waals surface area contributed by atoms with Crippen LogP contribution in [0.5, 0.6) is 5.75 Å². The molecule has 0 unspecified atom stereocenters. The summed E-state index contributed by atoms with van der Waals surface area (Å²) < 4.78 is 21.4. The fourth-order valence-electron chi connectivity index (χ4n) is 2.50. The van der Waals surface area contributed by atoms with Crippen molar-refractivity contribution < 1.29 is 18.5 Å². The van der Waals surface area contributed by atoms with Crippen LogP contribution in [-0.2, 0) is 11.3 Å². The van der Waals surface area contributed by atoms with Crippen LogP contribution in [0.2, 0.25) is 0 Å². The second-order valence-electron chi connectivity index (χ2n) is 5.50. The summed E-state index contributed by atoms with van der Waals surface area (Å²) in [5.74, 6) is 2.80. The maximum Gasteiger partial charge on any atom is 0.256 e. The van der Waals surface area contributed by atoms with E-state index < -0.39 is 0 Å². The zero-order chi connectivity index (χ0) is 16.4. The molecule has 0 radical (unpaired) electrons. The molecular formula is C16H16N4O4. The Bertz CT molecular complexity index is 806. The average molecular weight is 328 g/mol. The molecule has 24 heavy (non-hydrogen) atoms. The van der Waals surface area contributed by atoms with E-state index in [-0.39, 0.29) is 12.7 Å². The number of rotatable bonds is 5. The van der Waals surface area contributed by atoms with E-state index in [2.05, 4.69) is 20.3 Å². The lowest BCUT2D eigenvalue weighted by Crippen LogP contribution is -1.97. The number of aryl methyl sites for hydroxylation is 1. The van der Waals surface area contributed by atoms with Gasteiger partial charge in [-0.05, 0) is 37.1 Å². The summed E-state index contributed by atoms with van der Waals surface area (Å²) >= 11 is 0. The van der Waals surface area contributed by atoms with Crippen LogP contribution in [0.25, 0.3) is 11.4 Å². The van der Waals surface area contributed by atoms with Gasteiger partial charge in [0.25, 0.3) is 5.89 Å². The van der Waals surface area contributed by atoms with E-state index in [1.807, 2.05) is 24.3 Å². The molecule has 0 amide bonds. The molecule has 3 heterocycles. The molecule has 8 heteroatoms. The summed E-state index contributed by atoms with van der Waals surface area (Å²) in [4.78, 5) is 8.50. The Labute approximate surface area is 137 Å². The minimum atomic E-state index is -0.0766. The molecule has 1 fully saturated rings. The molecule has 0 aliphatic carbocycles. The van der Waals surface area contributed by atoms with Gasteiger partial charge < -0.3 is 18.5 Å². The normalized spacial score (nSPS) is 17.3. The summed E-state index contributed by atoms with van der Waals surface area (Å²) in [5, 5.41) is 7.80. The molecular weight excluding hydrogens is 312 g/mol. The van der Waals surface area contributed by atoms with Crippen LogP contribution >= 0.6 is 0 Å². The Hall–Kier alpha value is -2.74. The van der Waals surface area contributed by atoms with Gasteiger partial charge in [0.2, 0.25) is 17.5 Å². The lowest BCUT2D eigenvalue weighted by Gasteiger charge is -2.03. The van der Waals surface area contributed by atoms with Crippen LogP contribution in [0, 0.1) is 6.92 Å². The molecule has 3 aromatic rings. The number of nitrogens with zero attached hydrogens (tertiary/aromatic N) is 4. The van der Waals surface area contributed by atoms with Crippen molar-refractivity contribution >= 4 is 0 Å². The predicted molar refractivity (Wildman–Crippen MR) is 81.0 cm³/mol. The molecule has 0 spiro atoms. The lowest BCUT2D eigenvalue weighted by atomic mass is 10.2. The fourth-order valence-corrected chi connectivity index (χ4v) is 2.50. The monoisotopic (exact) mass is 328 g/mol. The van der Waals surface area contributed by atoms with Gasteiger partial charge in [-0.1, -0.05) is 10.3 Å². The maximum atomic E-state index is 5.61. The highest BCUT2D eigenvalue weighted by molar-refractivity contribution is 5.55. The smallest absolute Gasteiger partial charge is 0.256 e. The van der Waals surface area contributed by atoms with Crippen LogP contribution in [-0.4, -0.2) is 26.9 Å².